The molecule has 0 spiro atoms. The Hall–Kier alpha value is -3.25. The van der Waals surface area contributed by atoms with Crippen molar-refractivity contribution in [1.82, 2.24) is 10.1 Å². The van der Waals surface area contributed by atoms with Gasteiger partial charge in [0.25, 0.3) is 5.91 Å². The molecule has 1 N–H and O–H groups in total. The summed E-state index contributed by atoms with van der Waals surface area (Å²) in [6.45, 7) is 3.46. The molecule has 0 saturated carbocycles. The topological polar surface area (TPSA) is 68.0 Å². The molecule has 0 fully saturated rings. The predicted octanol–water partition coefficient (Wildman–Crippen LogP) is 5.33. The molecule has 0 radical (unpaired) electrons. The highest BCUT2D eigenvalue weighted by atomic mass is 32.1. The fourth-order valence-electron chi connectivity index (χ4n) is 2.89. The second-order valence-corrected chi connectivity index (χ2v) is 6.99. The molecule has 0 atom stereocenters. The van der Waals surface area contributed by atoms with Crippen molar-refractivity contribution in [3.8, 4) is 22.4 Å². The molecular weight excluding hydrogens is 358 g/mol. The van der Waals surface area contributed by atoms with E-state index in [4.69, 9.17) is 4.52 Å². The lowest BCUT2D eigenvalue weighted by atomic mass is 10.0. The summed E-state index contributed by atoms with van der Waals surface area (Å²) in [6.07, 6.45) is 0. The lowest BCUT2D eigenvalue weighted by Crippen LogP contribution is -2.13. The van der Waals surface area contributed by atoms with E-state index >= 15 is 0 Å². The predicted molar refractivity (Wildman–Crippen MR) is 107 cm³/mol. The first-order valence-corrected chi connectivity index (χ1v) is 9.35. The van der Waals surface area contributed by atoms with Crippen LogP contribution in [0.2, 0.25) is 0 Å². The van der Waals surface area contributed by atoms with Crippen molar-refractivity contribution in [2.75, 3.05) is 5.32 Å². The standard InChI is InChI=1S/C21H17N3O2S/c1-13-19(14(2)26-24-13)20(25)23-21-22-18(12-27-21)17-10-8-16(9-11-17)15-6-4-3-5-7-15/h3-12H,1-2H3,(H,22,23,25). The van der Waals surface area contributed by atoms with E-state index < -0.39 is 0 Å². The molecule has 0 bridgehead atoms. The first kappa shape index (κ1) is 17.2. The van der Waals surface area contributed by atoms with E-state index in [0.717, 1.165) is 16.8 Å². The van der Waals surface area contributed by atoms with Crippen LogP contribution >= 0.6 is 11.3 Å². The van der Waals surface area contributed by atoms with Gasteiger partial charge < -0.3 is 4.52 Å². The van der Waals surface area contributed by atoms with E-state index in [1.165, 1.54) is 16.9 Å². The third-order valence-electron chi connectivity index (χ3n) is 4.27. The summed E-state index contributed by atoms with van der Waals surface area (Å²) in [4.78, 5) is 16.9. The first-order chi connectivity index (χ1) is 13.1. The van der Waals surface area contributed by atoms with Crippen LogP contribution in [-0.4, -0.2) is 16.0 Å². The summed E-state index contributed by atoms with van der Waals surface area (Å²) in [5.74, 6) is 0.241. The second-order valence-electron chi connectivity index (χ2n) is 6.13. The number of thiazole rings is 1. The molecule has 0 saturated heterocycles. The maximum absolute atomic E-state index is 12.4. The van der Waals surface area contributed by atoms with E-state index in [-0.39, 0.29) is 5.91 Å². The molecule has 4 aromatic rings. The van der Waals surface area contributed by atoms with Crippen LogP contribution in [0.4, 0.5) is 5.13 Å². The highest BCUT2D eigenvalue weighted by molar-refractivity contribution is 7.14. The normalized spacial score (nSPS) is 10.7. The molecule has 134 valence electrons. The van der Waals surface area contributed by atoms with Crippen LogP contribution in [0.25, 0.3) is 22.4 Å². The van der Waals surface area contributed by atoms with Crippen LogP contribution < -0.4 is 5.32 Å². The molecule has 27 heavy (non-hydrogen) atoms. The van der Waals surface area contributed by atoms with Crippen molar-refractivity contribution in [2.24, 2.45) is 0 Å². The van der Waals surface area contributed by atoms with Gasteiger partial charge in [0.15, 0.2) is 5.13 Å². The number of carbonyl (C=O) groups excluding carboxylic acids is 1. The average Bonchev–Trinajstić information content (AvgIpc) is 3.29. The number of amides is 1. The lowest BCUT2D eigenvalue weighted by molar-refractivity contribution is 0.102. The van der Waals surface area contributed by atoms with Gasteiger partial charge in [0.1, 0.15) is 11.3 Å². The summed E-state index contributed by atoms with van der Waals surface area (Å²) in [5.41, 5.74) is 5.19. The highest BCUT2D eigenvalue weighted by Gasteiger charge is 2.18. The zero-order chi connectivity index (χ0) is 18.8. The Kier molecular flexibility index (Phi) is 4.56. The number of anilines is 1. The van der Waals surface area contributed by atoms with Crippen LogP contribution in [0.3, 0.4) is 0 Å². The molecule has 2 aromatic carbocycles. The van der Waals surface area contributed by atoms with Gasteiger partial charge in [-0.1, -0.05) is 59.8 Å². The second kappa shape index (κ2) is 7.17. The number of aromatic nitrogens is 2. The fourth-order valence-corrected chi connectivity index (χ4v) is 3.61. The number of benzene rings is 2. The number of rotatable bonds is 4. The average molecular weight is 375 g/mol. The van der Waals surface area contributed by atoms with Gasteiger partial charge >= 0.3 is 0 Å². The van der Waals surface area contributed by atoms with Crippen LogP contribution in [-0.2, 0) is 0 Å². The van der Waals surface area contributed by atoms with Gasteiger partial charge in [-0.15, -0.1) is 11.3 Å². The smallest absolute Gasteiger partial charge is 0.262 e. The van der Waals surface area contributed by atoms with Crippen molar-refractivity contribution in [3.63, 3.8) is 0 Å². The highest BCUT2D eigenvalue weighted by Crippen LogP contribution is 2.28. The summed E-state index contributed by atoms with van der Waals surface area (Å²) in [7, 11) is 0. The zero-order valence-corrected chi connectivity index (χ0v) is 15.7. The van der Waals surface area contributed by atoms with E-state index in [9.17, 15) is 4.79 Å². The molecule has 5 nitrogen and oxygen atoms in total. The quantitative estimate of drug-likeness (QED) is 0.523. The number of nitrogens with zero attached hydrogens (tertiary/aromatic N) is 2. The largest absolute Gasteiger partial charge is 0.361 e. The SMILES string of the molecule is Cc1noc(C)c1C(=O)Nc1nc(-c2ccc(-c3ccccc3)cc2)cs1. The third-order valence-corrected chi connectivity index (χ3v) is 5.03. The van der Waals surface area contributed by atoms with E-state index in [0.29, 0.717) is 22.1 Å². The van der Waals surface area contributed by atoms with Gasteiger partial charge in [0, 0.05) is 10.9 Å². The van der Waals surface area contributed by atoms with Crippen LogP contribution in [0.5, 0.6) is 0 Å². The van der Waals surface area contributed by atoms with Crippen molar-refractivity contribution in [1.29, 1.82) is 0 Å². The number of hydrogen-bond acceptors (Lipinski definition) is 5. The fraction of sp³-hybridized carbons (Fsp3) is 0.0952. The molecular formula is C21H17N3O2S. The third kappa shape index (κ3) is 3.52. The van der Waals surface area contributed by atoms with Gasteiger partial charge in [0.05, 0.1) is 11.4 Å². The Morgan fingerprint density at radius 1 is 0.963 bits per heavy atom. The molecule has 0 aliphatic rings. The molecule has 2 heterocycles. The van der Waals surface area contributed by atoms with Crippen molar-refractivity contribution in [3.05, 3.63) is 77.0 Å². The molecule has 0 aliphatic carbocycles. The van der Waals surface area contributed by atoms with Crippen LogP contribution in [0.15, 0.2) is 64.5 Å². The molecule has 0 unspecified atom stereocenters. The van der Waals surface area contributed by atoms with Crippen LogP contribution in [0, 0.1) is 13.8 Å². The zero-order valence-electron chi connectivity index (χ0n) is 14.9. The van der Waals surface area contributed by atoms with Crippen molar-refractivity contribution >= 4 is 22.4 Å². The van der Waals surface area contributed by atoms with Gasteiger partial charge in [-0.25, -0.2) is 4.98 Å². The Bertz CT molecular complexity index is 1060. The van der Waals surface area contributed by atoms with E-state index in [2.05, 4.69) is 39.7 Å². The summed E-state index contributed by atoms with van der Waals surface area (Å²) >= 11 is 1.39. The Labute approximate surface area is 160 Å². The molecule has 4 rings (SSSR count). The molecule has 1 amide bonds. The van der Waals surface area contributed by atoms with Gasteiger partial charge in [-0.2, -0.15) is 0 Å². The van der Waals surface area contributed by atoms with E-state index in [1.807, 2.05) is 35.7 Å². The molecule has 0 aliphatic heterocycles. The number of hydrogen-bond donors (Lipinski definition) is 1. The maximum atomic E-state index is 12.4. The summed E-state index contributed by atoms with van der Waals surface area (Å²) in [6, 6.07) is 18.5. The maximum Gasteiger partial charge on any atom is 0.262 e. The van der Waals surface area contributed by atoms with Crippen molar-refractivity contribution in [2.45, 2.75) is 13.8 Å². The van der Waals surface area contributed by atoms with E-state index in [1.54, 1.807) is 13.8 Å². The van der Waals surface area contributed by atoms with Gasteiger partial charge in [0.2, 0.25) is 0 Å². The van der Waals surface area contributed by atoms with Gasteiger partial charge in [-0.05, 0) is 25.0 Å². The van der Waals surface area contributed by atoms with Crippen molar-refractivity contribution < 1.29 is 9.32 Å². The Balaban J connectivity index is 1.52. The number of carbonyl (C=O) groups is 1. The monoisotopic (exact) mass is 375 g/mol. The minimum absolute atomic E-state index is 0.258. The Morgan fingerprint density at radius 2 is 1.63 bits per heavy atom. The molecule has 2 aromatic heterocycles. The Morgan fingerprint density at radius 3 is 2.30 bits per heavy atom. The summed E-state index contributed by atoms with van der Waals surface area (Å²) < 4.78 is 5.05. The number of nitrogens with one attached hydrogen (secondary N) is 1. The lowest BCUT2D eigenvalue weighted by Gasteiger charge is -2.03. The minimum Gasteiger partial charge on any atom is -0.361 e. The van der Waals surface area contributed by atoms with Crippen LogP contribution in [0.1, 0.15) is 21.8 Å². The molecule has 6 heteroatoms. The summed E-state index contributed by atoms with van der Waals surface area (Å²) in [5, 5.41) is 9.11. The first-order valence-electron chi connectivity index (χ1n) is 8.47. The number of aryl methyl sites for hydroxylation is 2. The minimum atomic E-state index is -0.258. The van der Waals surface area contributed by atoms with Gasteiger partial charge in [-0.3, -0.25) is 10.1 Å².